The first-order valence-electron chi connectivity index (χ1n) is 9.52. The molecule has 3 aliphatic rings. The molecule has 2 unspecified atom stereocenters. The summed E-state index contributed by atoms with van der Waals surface area (Å²) < 4.78 is 24.4. The second-order valence-electron chi connectivity index (χ2n) is 7.89. The lowest BCUT2D eigenvalue weighted by Gasteiger charge is -2.27. The van der Waals surface area contributed by atoms with E-state index < -0.39 is 23.5 Å². The van der Waals surface area contributed by atoms with Crippen LogP contribution in [0.5, 0.6) is 0 Å². The molecule has 2 amide bonds. The lowest BCUT2D eigenvalue weighted by atomic mass is 9.76. The Labute approximate surface area is 166 Å². The summed E-state index contributed by atoms with van der Waals surface area (Å²) >= 11 is 0. The SMILES string of the molecule is CN(Cc1ccno1)C(=O)C1C2C(=O)N(Cc3ccc(F)cc3)C[C@]23C=C[C@H]1O3. The molecule has 2 bridgehead atoms. The quantitative estimate of drug-likeness (QED) is 0.719. The van der Waals surface area contributed by atoms with Crippen LogP contribution in [0.3, 0.4) is 0 Å². The van der Waals surface area contributed by atoms with Crippen molar-refractivity contribution in [2.75, 3.05) is 13.6 Å². The van der Waals surface area contributed by atoms with Crippen molar-refractivity contribution < 1.29 is 23.2 Å². The van der Waals surface area contributed by atoms with E-state index in [1.165, 1.54) is 18.3 Å². The van der Waals surface area contributed by atoms with Gasteiger partial charge in [0, 0.05) is 19.7 Å². The Balaban J connectivity index is 1.36. The van der Waals surface area contributed by atoms with Gasteiger partial charge in [-0.3, -0.25) is 9.59 Å². The van der Waals surface area contributed by atoms with E-state index in [-0.39, 0.29) is 24.2 Å². The standard InChI is InChI=1S/C21H20FN3O4/c1-24(11-15-7-9-23-29-15)19(26)17-16-6-8-21(28-16)12-25(20(27)18(17)21)10-13-2-4-14(22)5-3-13/h2-9,16-18H,10-12H2,1H3/t16-,17?,18?,21-/m1/s1. The molecule has 0 radical (unpaired) electrons. The number of benzene rings is 1. The minimum atomic E-state index is -0.769. The molecule has 0 N–H and O–H groups in total. The number of fused-ring (bicyclic) bond motifs is 1. The third-order valence-corrected chi connectivity index (χ3v) is 6.01. The monoisotopic (exact) mass is 397 g/mol. The molecule has 2 fully saturated rings. The highest BCUT2D eigenvalue weighted by atomic mass is 19.1. The zero-order chi connectivity index (χ0) is 20.2. The number of hydrogen-bond acceptors (Lipinski definition) is 5. The van der Waals surface area contributed by atoms with Crippen molar-refractivity contribution in [3.8, 4) is 0 Å². The van der Waals surface area contributed by atoms with Crippen LogP contribution in [0.2, 0.25) is 0 Å². The fraction of sp³-hybridized carbons (Fsp3) is 0.381. The third kappa shape index (κ3) is 2.86. The molecule has 7 nitrogen and oxygen atoms in total. The molecule has 1 aromatic carbocycles. The molecule has 150 valence electrons. The molecular formula is C21H20FN3O4. The van der Waals surface area contributed by atoms with Gasteiger partial charge in [-0.25, -0.2) is 4.39 Å². The summed E-state index contributed by atoms with van der Waals surface area (Å²) in [6, 6.07) is 7.78. The third-order valence-electron chi connectivity index (χ3n) is 6.01. The van der Waals surface area contributed by atoms with Crippen LogP contribution >= 0.6 is 0 Å². The number of nitrogens with zero attached hydrogens (tertiary/aromatic N) is 3. The first-order chi connectivity index (χ1) is 14.0. The van der Waals surface area contributed by atoms with E-state index >= 15 is 0 Å². The number of hydrogen-bond donors (Lipinski definition) is 0. The molecule has 1 spiro atoms. The molecule has 2 saturated heterocycles. The Morgan fingerprint density at radius 2 is 2.14 bits per heavy atom. The number of carbonyl (C=O) groups is 2. The van der Waals surface area contributed by atoms with Crippen LogP contribution in [0.1, 0.15) is 11.3 Å². The first-order valence-corrected chi connectivity index (χ1v) is 9.52. The number of likely N-dealkylation sites (tertiary alicyclic amines) is 1. The van der Waals surface area contributed by atoms with Gasteiger partial charge in [-0.15, -0.1) is 0 Å². The van der Waals surface area contributed by atoms with Crippen LogP contribution in [0.15, 0.2) is 53.2 Å². The Morgan fingerprint density at radius 3 is 2.86 bits per heavy atom. The number of halogens is 1. The zero-order valence-corrected chi connectivity index (χ0v) is 15.8. The minimum Gasteiger partial charge on any atom is -0.360 e. The number of carbonyl (C=O) groups excluding carboxylic acids is 2. The van der Waals surface area contributed by atoms with Crippen LogP contribution in [0.4, 0.5) is 4.39 Å². The van der Waals surface area contributed by atoms with Gasteiger partial charge >= 0.3 is 0 Å². The predicted molar refractivity (Wildman–Crippen MR) is 98.5 cm³/mol. The van der Waals surface area contributed by atoms with E-state index in [1.807, 2.05) is 12.2 Å². The first kappa shape index (κ1) is 18.1. The average Bonchev–Trinajstić information content (AvgIpc) is 3.46. The maximum absolute atomic E-state index is 13.2. The summed E-state index contributed by atoms with van der Waals surface area (Å²) in [5, 5.41) is 3.66. The summed E-state index contributed by atoms with van der Waals surface area (Å²) in [5.74, 6) is -1.12. The van der Waals surface area contributed by atoms with Crippen molar-refractivity contribution in [3.05, 3.63) is 65.8 Å². The van der Waals surface area contributed by atoms with Crippen molar-refractivity contribution in [1.82, 2.24) is 15.0 Å². The molecule has 1 aromatic heterocycles. The van der Waals surface area contributed by atoms with Gasteiger partial charge in [-0.2, -0.15) is 0 Å². The maximum Gasteiger partial charge on any atom is 0.230 e. The maximum atomic E-state index is 13.2. The van der Waals surface area contributed by atoms with Crippen molar-refractivity contribution in [2.24, 2.45) is 11.8 Å². The van der Waals surface area contributed by atoms with Gasteiger partial charge in [-0.1, -0.05) is 29.4 Å². The van der Waals surface area contributed by atoms with Gasteiger partial charge in [0.1, 0.15) is 11.4 Å². The molecular weight excluding hydrogens is 377 g/mol. The predicted octanol–water partition coefficient (Wildman–Crippen LogP) is 1.75. The van der Waals surface area contributed by atoms with Crippen LogP contribution in [0.25, 0.3) is 0 Å². The lowest BCUT2D eigenvalue weighted by Crippen LogP contribution is -2.44. The second-order valence-corrected chi connectivity index (χ2v) is 7.89. The number of aromatic nitrogens is 1. The van der Waals surface area contributed by atoms with E-state index in [0.717, 1.165) is 5.56 Å². The number of rotatable bonds is 5. The highest BCUT2D eigenvalue weighted by Gasteiger charge is 2.67. The van der Waals surface area contributed by atoms with E-state index in [4.69, 9.17) is 9.26 Å². The molecule has 2 aromatic rings. The van der Waals surface area contributed by atoms with Gasteiger partial charge in [-0.05, 0) is 17.7 Å². The van der Waals surface area contributed by atoms with Gasteiger partial charge in [0.05, 0.1) is 37.2 Å². The van der Waals surface area contributed by atoms with Gasteiger partial charge in [0.2, 0.25) is 11.8 Å². The largest absolute Gasteiger partial charge is 0.360 e. The van der Waals surface area contributed by atoms with Gasteiger partial charge in [0.15, 0.2) is 5.76 Å². The van der Waals surface area contributed by atoms with E-state index in [1.54, 1.807) is 35.0 Å². The highest BCUT2D eigenvalue weighted by molar-refractivity contribution is 5.93. The Bertz CT molecular complexity index is 974. The van der Waals surface area contributed by atoms with Crippen LogP contribution in [0, 0.1) is 17.7 Å². The van der Waals surface area contributed by atoms with Crippen molar-refractivity contribution >= 4 is 11.8 Å². The molecule has 0 aliphatic carbocycles. The van der Waals surface area contributed by atoms with Crippen LogP contribution < -0.4 is 0 Å². The fourth-order valence-corrected chi connectivity index (χ4v) is 4.69. The molecule has 3 aliphatic heterocycles. The molecule has 4 atom stereocenters. The summed E-state index contributed by atoms with van der Waals surface area (Å²) in [6.07, 6.45) is 4.93. The Morgan fingerprint density at radius 1 is 1.34 bits per heavy atom. The van der Waals surface area contributed by atoms with Crippen LogP contribution in [-0.2, 0) is 27.4 Å². The highest BCUT2D eigenvalue weighted by Crippen LogP contribution is 2.52. The van der Waals surface area contributed by atoms with Crippen molar-refractivity contribution in [1.29, 1.82) is 0 Å². The molecule has 5 rings (SSSR count). The summed E-state index contributed by atoms with van der Waals surface area (Å²) in [4.78, 5) is 29.7. The number of amides is 2. The van der Waals surface area contributed by atoms with Gasteiger partial charge < -0.3 is 19.1 Å². The van der Waals surface area contributed by atoms with E-state index in [9.17, 15) is 14.0 Å². The van der Waals surface area contributed by atoms with Gasteiger partial charge in [0.25, 0.3) is 0 Å². The van der Waals surface area contributed by atoms with Crippen molar-refractivity contribution in [2.45, 2.75) is 24.8 Å². The second kappa shape index (κ2) is 6.52. The van der Waals surface area contributed by atoms with Crippen molar-refractivity contribution in [3.63, 3.8) is 0 Å². The molecule has 8 heteroatoms. The Kier molecular flexibility index (Phi) is 4.06. The molecule has 29 heavy (non-hydrogen) atoms. The van der Waals surface area contributed by atoms with E-state index in [0.29, 0.717) is 18.8 Å². The topological polar surface area (TPSA) is 75.9 Å². The van der Waals surface area contributed by atoms with Crippen LogP contribution in [-0.4, -0.2) is 52.1 Å². The summed E-state index contributed by atoms with van der Waals surface area (Å²) in [7, 11) is 1.68. The normalized spacial score (nSPS) is 29.5. The lowest BCUT2D eigenvalue weighted by molar-refractivity contribution is -0.143. The molecule has 4 heterocycles. The average molecular weight is 397 g/mol. The smallest absolute Gasteiger partial charge is 0.230 e. The summed E-state index contributed by atoms with van der Waals surface area (Å²) in [6.45, 7) is 1.02. The number of ether oxygens (including phenoxy) is 1. The zero-order valence-electron chi connectivity index (χ0n) is 15.8. The van der Waals surface area contributed by atoms with E-state index in [2.05, 4.69) is 5.16 Å². The molecule has 0 saturated carbocycles. The Hall–Kier alpha value is -3.00. The summed E-state index contributed by atoms with van der Waals surface area (Å²) in [5.41, 5.74) is 0.0646. The minimum absolute atomic E-state index is 0.104. The fourth-order valence-electron chi connectivity index (χ4n) is 4.69.